The monoisotopic (exact) mass is 378 g/mol. The second-order valence-corrected chi connectivity index (χ2v) is 7.23. The molecule has 3 amide bonds. The largest absolute Gasteiger partial charge is 0.454 e. The molecule has 0 saturated carbocycles. The molecule has 142 valence electrons. The van der Waals surface area contributed by atoms with E-state index < -0.39 is 11.6 Å². The Bertz CT molecular complexity index is 1020. The van der Waals surface area contributed by atoms with E-state index in [-0.39, 0.29) is 25.0 Å². The Morgan fingerprint density at radius 3 is 2.82 bits per heavy atom. The highest BCUT2D eigenvalue weighted by molar-refractivity contribution is 6.11. The van der Waals surface area contributed by atoms with Crippen LogP contribution in [0.5, 0.6) is 11.5 Å². The minimum Gasteiger partial charge on any atom is -0.454 e. The lowest BCUT2D eigenvalue weighted by molar-refractivity contribution is -0.131. The van der Waals surface area contributed by atoms with Crippen molar-refractivity contribution in [1.29, 1.82) is 0 Å². The van der Waals surface area contributed by atoms with Crippen molar-refractivity contribution >= 4 is 17.7 Å². The van der Waals surface area contributed by atoms with Gasteiger partial charge in [0.15, 0.2) is 17.3 Å². The van der Waals surface area contributed by atoms with Crippen LogP contribution in [0.3, 0.4) is 0 Å². The van der Waals surface area contributed by atoms with E-state index >= 15 is 0 Å². The predicted octanol–water partition coefficient (Wildman–Crippen LogP) is 2.38. The molecule has 5 rings (SSSR count). The zero-order valence-corrected chi connectivity index (χ0v) is 15.1. The summed E-state index contributed by atoms with van der Waals surface area (Å²) in [5.41, 5.74) is 1.19. The van der Waals surface area contributed by atoms with E-state index in [0.717, 1.165) is 28.9 Å². The minimum absolute atomic E-state index is 0.113. The lowest BCUT2D eigenvalue weighted by Crippen LogP contribution is -2.46. The number of nitrogens with zero attached hydrogens (tertiary/aromatic N) is 1. The molecule has 2 heterocycles. The second kappa shape index (κ2) is 6.09. The Kier molecular flexibility index (Phi) is 3.65. The van der Waals surface area contributed by atoms with E-state index in [1.807, 2.05) is 24.3 Å². The van der Waals surface area contributed by atoms with Crippen LogP contribution in [0.1, 0.15) is 34.3 Å². The maximum atomic E-state index is 13.3. The number of imide groups is 1. The SMILES string of the molecule is O=C(CN1C(=O)NC2(CCCc3ccccc32)C1=O)c1ccc2c(c1)OCO2. The molecule has 2 aromatic carbocycles. The first-order valence-electron chi connectivity index (χ1n) is 9.24. The standard InChI is InChI=1S/C21H18N2O5/c24-16(14-7-8-17-18(10-14)28-12-27-17)11-23-19(25)21(22-20(23)26)9-3-5-13-4-1-2-6-15(13)21/h1-2,4,6-8,10H,3,5,9,11-12H2,(H,22,26). The molecular weight excluding hydrogens is 360 g/mol. The fourth-order valence-corrected chi connectivity index (χ4v) is 4.26. The summed E-state index contributed by atoms with van der Waals surface area (Å²) in [6, 6.07) is 12.0. The van der Waals surface area contributed by atoms with E-state index in [4.69, 9.17) is 9.47 Å². The number of Topliss-reactive ketones (excluding diaryl/α,β-unsaturated/α-hetero) is 1. The van der Waals surface area contributed by atoms with Crippen LogP contribution in [-0.4, -0.2) is 36.0 Å². The molecule has 1 spiro atoms. The van der Waals surface area contributed by atoms with E-state index in [1.54, 1.807) is 18.2 Å². The van der Waals surface area contributed by atoms with Gasteiger partial charge in [-0.3, -0.25) is 14.5 Å². The summed E-state index contributed by atoms with van der Waals surface area (Å²) in [4.78, 5) is 39.6. The fraction of sp³-hybridized carbons (Fsp3) is 0.286. The highest BCUT2D eigenvalue weighted by atomic mass is 16.7. The molecule has 1 N–H and O–H groups in total. The molecule has 7 nitrogen and oxygen atoms in total. The van der Waals surface area contributed by atoms with Gasteiger partial charge in [0.25, 0.3) is 5.91 Å². The Labute approximate surface area is 161 Å². The number of hydrogen-bond acceptors (Lipinski definition) is 5. The van der Waals surface area contributed by atoms with Crippen LogP contribution < -0.4 is 14.8 Å². The van der Waals surface area contributed by atoms with Crippen molar-refractivity contribution in [2.45, 2.75) is 24.8 Å². The molecule has 1 unspecified atom stereocenters. The lowest BCUT2D eigenvalue weighted by atomic mass is 9.76. The molecule has 28 heavy (non-hydrogen) atoms. The summed E-state index contributed by atoms with van der Waals surface area (Å²) >= 11 is 0. The van der Waals surface area contributed by atoms with Crippen molar-refractivity contribution in [3.05, 3.63) is 59.2 Å². The van der Waals surface area contributed by atoms with Crippen LogP contribution in [0.4, 0.5) is 4.79 Å². The highest BCUT2D eigenvalue weighted by Crippen LogP contribution is 2.40. The van der Waals surface area contributed by atoms with Gasteiger partial charge in [0, 0.05) is 5.56 Å². The van der Waals surface area contributed by atoms with Crippen molar-refractivity contribution in [3.8, 4) is 11.5 Å². The average Bonchev–Trinajstić information content (AvgIpc) is 3.27. The van der Waals surface area contributed by atoms with Gasteiger partial charge in [-0.05, 0) is 48.6 Å². The van der Waals surface area contributed by atoms with Crippen molar-refractivity contribution < 1.29 is 23.9 Å². The van der Waals surface area contributed by atoms with E-state index in [1.165, 1.54) is 0 Å². The molecular formula is C21H18N2O5. The van der Waals surface area contributed by atoms with Crippen molar-refractivity contribution in [2.75, 3.05) is 13.3 Å². The van der Waals surface area contributed by atoms with Crippen LogP contribution in [-0.2, 0) is 16.8 Å². The maximum Gasteiger partial charge on any atom is 0.325 e. The summed E-state index contributed by atoms with van der Waals surface area (Å²) in [5.74, 6) is 0.367. The van der Waals surface area contributed by atoms with Gasteiger partial charge in [0.1, 0.15) is 5.54 Å². The van der Waals surface area contributed by atoms with Gasteiger partial charge in [0.05, 0.1) is 6.54 Å². The molecule has 1 saturated heterocycles. The highest BCUT2D eigenvalue weighted by Gasteiger charge is 2.54. The Morgan fingerprint density at radius 1 is 1.11 bits per heavy atom. The fourth-order valence-electron chi connectivity index (χ4n) is 4.26. The number of ketones is 1. The Morgan fingerprint density at radius 2 is 1.93 bits per heavy atom. The number of urea groups is 1. The third-order valence-corrected chi connectivity index (χ3v) is 5.65. The van der Waals surface area contributed by atoms with E-state index in [0.29, 0.717) is 23.5 Å². The maximum absolute atomic E-state index is 13.3. The first-order valence-corrected chi connectivity index (χ1v) is 9.24. The van der Waals surface area contributed by atoms with Gasteiger partial charge in [-0.1, -0.05) is 24.3 Å². The number of rotatable bonds is 3. The first kappa shape index (κ1) is 16.8. The van der Waals surface area contributed by atoms with Crippen LogP contribution in [0.25, 0.3) is 0 Å². The van der Waals surface area contributed by atoms with Gasteiger partial charge in [-0.15, -0.1) is 0 Å². The zero-order chi connectivity index (χ0) is 19.3. The van der Waals surface area contributed by atoms with Crippen molar-refractivity contribution in [2.24, 2.45) is 0 Å². The summed E-state index contributed by atoms with van der Waals surface area (Å²) < 4.78 is 10.5. The van der Waals surface area contributed by atoms with Gasteiger partial charge in [-0.2, -0.15) is 0 Å². The summed E-state index contributed by atoms with van der Waals surface area (Å²) in [6.45, 7) is -0.198. The zero-order valence-electron chi connectivity index (χ0n) is 15.1. The van der Waals surface area contributed by atoms with Gasteiger partial charge < -0.3 is 14.8 Å². The normalized spacial score (nSPS) is 22.4. The second-order valence-electron chi connectivity index (χ2n) is 7.23. The number of amides is 3. The van der Waals surface area contributed by atoms with Crippen LogP contribution in [0, 0.1) is 0 Å². The Balaban J connectivity index is 1.42. The molecule has 3 aliphatic rings. The molecule has 1 aliphatic carbocycles. The number of fused-ring (bicyclic) bond motifs is 3. The lowest BCUT2D eigenvalue weighted by Gasteiger charge is -2.33. The van der Waals surface area contributed by atoms with E-state index in [2.05, 4.69) is 5.32 Å². The number of nitrogens with one attached hydrogen (secondary N) is 1. The van der Waals surface area contributed by atoms with Crippen LogP contribution in [0.15, 0.2) is 42.5 Å². The minimum atomic E-state index is -1.07. The number of hydrogen-bond donors (Lipinski definition) is 1. The Hall–Kier alpha value is -3.35. The van der Waals surface area contributed by atoms with Crippen LogP contribution in [0.2, 0.25) is 0 Å². The van der Waals surface area contributed by atoms with Gasteiger partial charge in [0.2, 0.25) is 6.79 Å². The molecule has 2 aliphatic heterocycles. The number of carbonyl (C=O) groups is 3. The quantitative estimate of drug-likeness (QED) is 0.655. The molecule has 1 atom stereocenters. The van der Waals surface area contributed by atoms with Crippen LogP contribution >= 0.6 is 0 Å². The van der Waals surface area contributed by atoms with Crippen molar-refractivity contribution in [3.63, 3.8) is 0 Å². The number of ether oxygens (including phenoxy) is 2. The van der Waals surface area contributed by atoms with Gasteiger partial charge >= 0.3 is 6.03 Å². The number of carbonyl (C=O) groups excluding carboxylic acids is 3. The molecule has 2 aromatic rings. The molecule has 0 radical (unpaired) electrons. The number of benzene rings is 2. The molecule has 1 fully saturated rings. The summed E-state index contributed by atoms with van der Waals surface area (Å²) in [6.07, 6.45) is 2.20. The molecule has 0 bridgehead atoms. The molecule has 7 heteroatoms. The smallest absolute Gasteiger partial charge is 0.325 e. The van der Waals surface area contributed by atoms with Crippen molar-refractivity contribution in [1.82, 2.24) is 10.2 Å². The third-order valence-electron chi connectivity index (χ3n) is 5.65. The average molecular weight is 378 g/mol. The van der Waals surface area contributed by atoms with Gasteiger partial charge in [-0.25, -0.2) is 4.79 Å². The summed E-state index contributed by atoms with van der Waals surface area (Å²) in [5, 5.41) is 2.86. The topological polar surface area (TPSA) is 84.9 Å². The molecule has 0 aromatic heterocycles. The third kappa shape index (κ3) is 2.39. The van der Waals surface area contributed by atoms with E-state index in [9.17, 15) is 14.4 Å². The number of aryl methyl sites for hydroxylation is 1. The summed E-state index contributed by atoms with van der Waals surface area (Å²) in [7, 11) is 0. The predicted molar refractivity (Wildman–Crippen MR) is 98.2 cm³/mol. The first-order chi connectivity index (χ1) is 13.6.